The lowest BCUT2D eigenvalue weighted by molar-refractivity contribution is 0.213. The summed E-state index contributed by atoms with van der Waals surface area (Å²) in [6.07, 6.45) is 6.39. The molecular weight excluding hydrogens is 489 g/mol. The van der Waals surface area contributed by atoms with E-state index in [1.165, 1.54) is 50.8 Å². The first-order valence-corrected chi connectivity index (χ1v) is 11.2. The van der Waals surface area contributed by atoms with E-state index < -0.39 is 0 Å². The molecule has 30 heavy (non-hydrogen) atoms. The maximum Gasteiger partial charge on any atom is 0.191 e. The molecule has 2 heterocycles. The number of nitrogens with one attached hydrogen (secondary N) is 2. The molecule has 0 aliphatic carbocycles. The Morgan fingerprint density at radius 1 is 1.13 bits per heavy atom. The number of hydrogen-bond donors (Lipinski definition) is 2. The summed E-state index contributed by atoms with van der Waals surface area (Å²) in [6.45, 7) is 6.56. The van der Waals surface area contributed by atoms with Crippen LogP contribution >= 0.6 is 24.0 Å². The Labute approximate surface area is 199 Å². The zero-order valence-electron chi connectivity index (χ0n) is 18.9. The van der Waals surface area contributed by atoms with Gasteiger partial charge in [0.25, 0.3) is 0 Å². The van der Waals surface area contributed by atoms with Gasteiger partial charge >= 0.3 is 0 Å². The molecule has 1 unspecified atom stereocenters. The monoisotopic (exact) mass is 529 g/mol. The van der Waals surface area contributed by atoms with Gasteiger partial charge in [0, 0.05) is 25.7 Å². The number of hydrogen-bond acceptors (Lipinski definition) is 4. The first-order valence-electron chi connectivity index (χ1n) is 11.2. The maximum atomic E-state index is 5.65. The van der Waals surface area contributed by atoms with Crippen LogP contribution in [0.3, 0.4) is 0 Å². The Kier molecular flexibility index (Phi) is 11.2. The highest BCUT2D eigenvalue weighted by Gasteiger charge is 2.26. The van der Waals surface area contributed by atoms with Gasteiger partial charge in [-0.25, -0.2) is 0 Å². The summed E-state index contributed by atoms with van der Waals surface area (Å²) in [5.74, 6) is 2.70. The molecule has 2 saturated heterocycles. The lowest BCUT2D eigenvalue weighted by atomic mass is 9.94. The molecule has 2 aliphatic heterocycles. The summed E-state index contributed by atoms with van der Waals surface area (Å²) >= 11 is 0. The average Bonchev–Trinajstić information content (AvgIpc) is 3.29. The molecule has 0 bridgehead atoms. The summed E-state index contributed by atoms with van der Waals surface area (Å²) < 4.78 is 5.65. The van der Waals surface area contributed by atoms with Crippen molar-refractivity contribution in [2.75, 3.05) is 60.5 Å². The van der Waals surface area contributed by atoms with Gasteiger partial charge in [0.15, 0.2) is 5.96 Å². The van der Waals surface area contributed by atoms with E-state index in [0.29, 0.717) is 6.04 Å². The van der Waals surface area contributed by atoms with Gasteiger partial charge in [-0.3, -0.25) is 9.89 Å². The highest BCUT2D eigenvalue weighted by molar-refractivity contribution is 14.0. The minimum Gasteiger partial charge on any atom is -0.496 e. The molecule has 0 spiro atoms. The zero-order valence-corrected chi connectivity index (χ0v) is 21.2. The maximum absolute atomic E-state index is 5.65. The minimum absolute atomic E-state index is 0. The van der Waals surface area contributed by atoms with Gasteiger partial charge in [0.1, 0.15) is 5.75 Å². The van der Waals surface area contributed by atoms with E-state index >= 15 is 0 Å². The van der Waals surface area contributed by atoms with E-state index in [2.05, 4.69) is 50.7 Å². The number of guanidine groups is 1. The van der Waals surface area contributed by atoms with Crippen molar-refractivity contribution in [2.24, 2.45) is 10.9 Å². The van der Waals surface area contributed by atoms with Crippen molar-refractivity contribution in [2.45, 2.75) is 38.1 Å². The standard InChI is InChI=1S/C23H39N5O.HI/c1-24-23(25-13-10-19-11-16-27(2)17-12-19)26-18-21(28-14-6-7-15-28)20-8-4-5-9-22(20)29-3;/h4-5,8-9,19,21H,6-7,10-18H2,1-3H3,(H2,24,25,26);1H. The van der Waals surface area contributed by atoms with Gasteiger partial charge in [-0.2, -0.15) is 0 Å². The van der Waals surface area contributed by atoms with E-state index in [9.17, 15) is 0 Å². The summed E-state index contributed by atoms with van der Waals surface area (Å²) in [4.78, 5) is 9.45. The lowest BCUT2D eigenvalue weighted by Crippen LogP contribution is -2.43. The lowest BCUT2D eigenvalue weighted by Gasteiger charge is -2.30. The number of benzene rings is 1. The van der Waals surface area contributed by atoms with Crippen molar-refractivity contribution >= 4 is 29.9 Å². The molecule has 2 fully saturated rings. The van der Waals surface area contributed by atoms with E-state index in [0.717, 1.165) is 43.8 Å². The number of piperidine rings is 1. The fraction of sp³-hybridized carbons (Fsp3) is 0.696. The second-order valence-corrected chi connectivity index (χ2v) is 8.42. The number of methoxy groups -OCH3 is 1. The third kappa shape index (κ3) is 7.27. The molecule has 2 N–H and O–H groups in total. The van der Waals surface area contributed by atoms with Crippen LogP contribution in [0, 0.1) is 5.92 Å². The molecule has 3 rings (SSSR count). The number of para-hydroxylation sites is 1. The molecule has 6 nitrogen and oxygen atoms in total. The first kappa shape index (κ1) is 25.2. The van der Waals surface area contributed by atoms with Crippen LogP contribution in [0.15, 0.2) is 29.3 Å². The van der Waals surface area contributed by atoms with E-state index in [1.807, 2.05) is 13.1 Å². The zero-order chi connectivity index (χ0) is 20.5. The van der Waals surface area contributed by atoms with Crippen LogP contribution in [0.2, 0.25) is 0 Å². The normalized spacial score (nSPS) is 19.9. The summed E-state index contributed by atoms with van der Waals surface area (Å²) in [5, 5.41) is 7.10. The molecule has 0 amide bonds. The van der Waals surface area contributed by atoms with Crippen LogP contribution in [0.4, 0.5) is 0 Å². The highest BCUT2D eigenvalue weighted by Crippen LogP contribution is 2.31. The van der Waals surface area contributed by atoms with Crippen LogP contribution < -0.4 is 15.4 Å². The SMILES string of the molecule is CN=C(NCCC1CCN(C)CC1)NCC(c1ccccc1OC)N1CCCC1.I. The Hall–Kier alpha value is -1.06. The largest absolute Gasteiger partial charge is 0.496 e. The summed E-state index contributed by atoms with van der Waals surface area (Å²) in [5.41, 5.74) is 1.26. The second-order valence-electron chi connectivity index (χ2n) is 8.42. The fourth-order valence-electron chi connectivity index (χ4n) is 4.59. The average molecular weight is 530 g/mol. The fourth-order valence-corrected chi connectivity index (χ4v) is 4.59. The Morgan fingerprint density at radius 3 is 2.50 bits per heavy atom. The van der Waals surface area contributed by atoms with Gasteiger partial charge in [0.2, 0.25) is 0 Å². The van der Waals surface area contributed by atoms with Crippen molar-refractivity contribution in [3.63, 3.8) is 0 Å². The molecule has 1 aromatic rings. The van der Waals surface area contributed by atoms with Gasteiger partial charge in [-0.1, -0.05) is 18.2 Å². The smallest absolute Gasteiger partial charge is 0.191 e. The molecule has 2 aliphatic rings. The predicted molar refractivity (Wildman–Crippen MR) is 136 cm³/mol. The quantitative estimate of drug-likeness (QED) is 0.308. The summed E-state index contributed by atoms with van der Waals surface area (Å²) in [7, 11) is 5.84. The molecule has 170 valence electrons. The van der Waals surface area contributed by atoms with Crippen LogP contribution in [0.1, 0.15) is 43.7 Å². The summed E-state index contributed by atoms with van der Waals surface area (Å²) in [6, 6.07) is 8.70. The number of rotatable bonds is 8. The van der Waals surface area contributed by atoms with Crippen molar-refractivity contribution in [3.05, 3.63) is 29.8 Å². The number of likely N-dealkylation sites (tertiary alicyclic amines) is 2. The van der Waals surface area contributed by atoms with Crippen molar-refractivity contribution in [1.82, 2.24) is 20.4 Å². The number of nitrogens with zero attached hydrogens (tertiary/aromatic N) is 3. The predicted octanol–water partition coefficient (Wildman–Crippen LogP) is 3.35. The van der Waals surface area contributed by atoms with Gasteiger partial charge in [-0.05, 0) is 77.3 Å². The van der Waals surface area contributed by atoms with Gasteiger partial charge in [0.05, 0.1) is 13.2 Å². The highest BCUT2D eigenvalue weighted by atomic mass is 127. The van der Waals surface area contributed by atoms with Gasteiger partial charge < -0.3 is 20.3 Å². The van der Waals surface area contributed by atoms with Crippen LogP contribution in [0.5, 0.6) is 5.75 Å². The molecule has 0 aromatic heterocycles. The number of halogens is 1. The van der Waals surface area contributed by atoms with E-state index in [-0.39, 0.29) is 24.0 Å². The Morgan fingerprint density at radius 2 is 1.83 bits per heavy atom. The van der Waals surface area contributed by atoms with Crippen molar-refractivity contribution in [1.29, 1.82) is 0 Å². The topological polar surface area (TPSA) is 52.1 Å². The second kappa shape index (κ2) is 13.4. The van der Waals surface area contributed by atoms with Crippen LogP contribution in [-0.4, -0.2) is 76.2 Å². The third-order valence-electron chi connectivity index (χ3n) is 6.45. The van der Waals surface area contributed by atoms with Crippen LogP contribution in [0.25, 0.3) is 0 Å². The van der Waals surface area contributed by atoms with Crippen molar-refractivity contribution < 1.29 is 4.74 Å². The Bertz CT molecular complexity index is 642. The van der Waals surface area contributed by atoms with Crippen molar-refractivity contribution in [3.8, 4) is 5.75 Å². The Balaban J connectivity index is 0.00000320. The number of aliphatic imine (C=N–C) groups is 1. The first-order chi connectivity index (χ1) is 14.2. The molecular formula is C23H40IN5O. The van der Waals surface area contributed by atoms with Gasteiger partial charge in [-0.15, -0.1) is 24.0 Å². The molecule has 1 atom stereocenters. The van der Waals surface area contributed by atoms with E-state index in [1.54, 1.807) is 7.11 Å². The third-order valence-corrected chi connectivity index (χ3v) is 6.45. The molecule has 0 radical (unpaired) electrons. The minimum atomic E-state index is 0. The molecule has 1 aromatic carbocycles. The molecule has 0 saturated carbocycles. The number of ether oxygens (including phenoxy) is 1. The van der Waals surface area contributed by atoms with Crippen LogP contribution in [-0.2, 0) is 0 Å². The van der Waals surface area contributed by atoms with E-state index in [4.69, 9.17) is 4.74 Å². The molecule has 7 heteroatoms.